The van der Waals surface area contributed by atoms with Crippen molar-refractivity contribution < 1.29 is 28.6 Å². The standard InChI is InChI=1S/C75H132O6/c1-4-7-10-13-16-19-22-25-28-31-32-33-34-35-36-37-38-39-40-41-42-45-47-50-53-56-59-62-65-68-74(77)80-71-72(81-75(78)69-66-63-60-57-54-51-48-44-30-27-24-21-18-15-12-9-6-3)70-79-73(76)67-64-61-58-55-52-49-46-43-29-26-23-20-17-14-11-8-5-2/h17-18,20-22,25-27,29-32,34-35,72H,4-16,19,23-24,28,33,36-71H2,1-3H3/b20-17-,21-18-,25-22-,29-26-,30-27-,32-31-,35-34-. The number of unbranched alkanes of at least 4 members (excludes halogenated alkanes) is 39. The van der Waals surface area contributed by atoms with Gasteiger partial charge in [0.1, 0.15) is 13.2 Å². The summed E-state index contributed by atoms with van der Waals surface area (Å²) < 4.78 is 17.0. The van der Waals surface area contributed by atoms with Gasteiger partial charge in [-0.05, 0) is 122 Å². The van der Waals surface area contributed by atoms with Crippen molar-refractivity contribution in [2.75, 3.05) is 13.2 Å². The Bertz CT molecular complexity index is 1530. The summed E-state index contributed by atoms with van der Waals surface area (Å²) in [4.78, 5) is 38.4. The Labute approximate surface area is 503 Å². The van der Waals surface area contributed by atoms with Gasteiger partial charge >= 0.3 is 17.9 Å². The lowest BCUT2D eigenvalue weighted by molar-refractivity contribution is -0.167. The van der Waals surface area contributed by atoms with E-state index in [0.717, 1.165) is 96.3 Å². The maximum atomic E-state index is 12.9. The van der Waals surface area contributed by atoms with Gasteiger partial charge in [-0.1, -0.05) is 298 Å². The first-order chi connectivity index (χ1) is 40.0. The molecule has 0 aromatic carbocycles. The topological polar surface area (TPSA) is 78.9 Å². The maximum Gasteiger partial charge on any atom is 0.306 e. The molecule has 0 amide bonds. The third-order valence-corrected chi connectivity index (χ3v) is 15.3. The summed E-state index contributed by atoms with van der Waals surface area (Å²) in [5.41, 5.74) is 0. The smallest absolute Gasteiger partial charge is 0.306 e. The van der Waals surface area contributed by atoms with E-state index in [2.05, 4.69) is 106 Å². The molecule has 0 aliphatic rings. The van der Waals surface area contributed by atoms with Gasteiger partial charge in [0.15, 0.2) is 6.10 Å². The highest BCUT2D eigenvalue weighted by molar-refractivity contribution is 5.71. The predicted molar refractivity (Wildman–Crippen MR) is 353 cm³/mol. The van der Waals surface area contributed by atoms with Crippen LogP contribution in [-0.4, -0.2) is 37.2 Å². The molecule has 0 aliphatic heterocycles. The first-order valence-electron chi connectivity index (χ1n) is 35.1. The van der Waals surface area contributed by atoms with Gasteiger partial charge in [0, 0.05) is 19.3 Å². The predicted octanol–water partition coefficient (Wildman–Crippen LogP) is 24.2. The van der Waals surface area contributed by atoms with Crippen LogP contribution in [0.15, 0.2) is 85.1 Å². The number of carbonyl (C=O) groups excluding carboxylic acids is 3. The Morgan fingerprint density at radius 3 is 0.716 bits per heavy atom. The third-order valence-electron chi connectivity index (χ3n) is 15.3. The van der Waals surface area contributed by atoms with Crippen molar-refractivity contribution in [2.24, 2.45) is 0 Å². The Hall–Kier alpha value is -3.41. The molecule has 0 aromatic rings. The van der Waals surface area contributed by atoms with Crippen LogP contribution < -0.4 is 0 Å². The van der Waals surface area contributed by atoms with Crippen molar-refractivity contribution in [2.45, 2.75) is 361 Å². The zero-order valence-corrected chi connectivity index (χ0v) is 53.8. The number of carbonyl (C=O) groups is 3. The highest BCUT2D eigenvalue weighted by Gasteiger charge is 2.19. The van der Waals surface area contributed by atoms with Crippen LogP contribution in [0.2, 0.25) is 0 Å². The fraction of sp³-hybridized carbons (Fsp3) is 0.773. The average molecular weight is 1130 g/mol. The Balaban J connectivity index is 4.29. The SMILES string of the molecule is CCCCC/C=C\C/C=C\CCCCCCCCCC(=O)OCC(COC(=O)CCCCCCCCCCCCCCCC/C=C\C/C=C\C/C=C\CCCCCCC)OC(=O)CCCCCCCCC/C=C\C/C=C\CCCCC. The molecule has 0 rings (SSSR count). The van der Waals surface area contributed by atoms with Crippen LogP contribution >= 0.6 is 0 Å². The van der Waals surface area contributed by atoms with E-state index in [0.29, 0.717) is 19.3 Å². The minimum absolute atomic E-state index is 0.0807. The summed E-state index contributed by atoms with van der Waals surface area (Å²) in [5, 5.41) is 0. The third kappa shape index (κ3) is 67.3. The quantitative estimate of drug-likeness (QED) is 0.0261. The van der Waals surface area contributed by atoms with Gasteiger partial charge in [-0.25, -0.2) is 0 Å². The lowest BCUT2D eigenvalue weighted by Crippen LogP contribution is -2.30. The molecule has 0 spiro atoms. The van der Waals surface area contributed by atoms with Crippen LogP contribution in [-0.2, 0) is 28.6 Å². The molecular formula is C75H132O6. The number of hydrogen-bond acceptors (Lipinski definition) is 6. The van der Waals surface area contributed by atoms with E-state index < -0.39 is 6.10 Å². The molecule has 0 aromatic heterocycles. The molecule has 0 heterocycles. The van der Waals surface area contributed by atoms with Crippen LogP contribution in [0.5, 0.6) is 0 Å². The zero-order valence-electron chi connectivity index (χ0n) is 53.8. The molecule has 0 bridgehead atoms. The fourth-order valence-electron chi connectivity index (χ4n) is 10.0. The summed E-state index contributed by atoms with van der Waals surface area (Å²) in [6, 6.07) is 0. The molecule has 0 radical (unpaired) electrons. The van der Waals surface area contributed by atoms with E-state index in [1.54, 1.807) is 0 Å². The van der Waals surface area contributed by atoms with E-state index in [-0.39, 0.29) is 31.1 Å². The molecule has 0 N–H and O–H groups in total. The first kappa shape index (κ1) is 77.6. The molecule has 0 aliphatic carbocycles. The molecular weight excluding hydrogens is 997 g/mol. The number of allylic oxidation sites excluding steroid dienone is 14. The molecule has 0 fully saturated rings. The van der Waals surface area contributed by atoms with Gasteiger partial charge in [0.2, 0.25) is 0 Å². The van der Waals surface area contributed by atoms with Crippen molar-refractivity contribution in [3.05, 3.63) is 85.1 Å². The summed E-state index contributed by atoms with van der Waals surface area (Å²) in [7, 11) is 0. The zero-order chi connectivity index (χ0) is 58.5. The fourth-order valence-corrected chi connectivity index (χ4v) is 10.0. The Morgan fingerprint density at radius 2 is 0.444 bits per heavy atom. The van der Waals surface area contributed by atoms with Crippen molar-refractivity contribution in [3.63, 3.8) is 0 Å². The summed E-state index contributed by atoms with van der Waals surface area (Å²) in [6.45, 7) is 6.61. The number of ether oxygens (including phenoxy) is 3. The summed E-state index contributed by atoms with van der Waals surface area (Å²) in [6.07, 6.45) is 91.7. The lowest BCUT2D eigenvalue weighted by Gasteiger charge is -2.18. The average Bonchev–Trinajstić information content (AvgIpc) is 3.47. The number of hydrogen-bond donors (Lipinski definition) is 0. The van der Waals surface area contributed by atoms with Gasteiger partial charge in [-0.2, -0.15) is 0 Å². The summed E-state index contributed by atoms with van der Waals surface area (Å²) in [5.74, 6) is -0.881. The van der Waals surface area contributed by atoms with Gasteiger partial charge < -0.3 is 14.2 Å². The van der Waals surface area contributed by atoms with Crippen molar-refractivity contribution in [1.29, 1.82) is 0 Å². The van der Waals surface area contributed by atoms with Crippen molar-refractivity contribution in [3.8, 4) is 0 Å². The molecule has 1 unspecified atom stereocenters. The highest BCUT2D eigenvalue weighted by Crippen LogP contribution is 2.17. The molecule has 468 valence electrons. The largest absolute Gasteiger partial charge is 0.462 e. The second-order valence-corrected chi connectivity index (χ2v) is 23.4. The second kappa shape index (κ2) is 69.1. The van der Waals surface area contributed by atoms with E-state index in [1.165, 1.54) is 218 Å². The van der Waals surface area contributed by atoms with Crippen molar-refractivity contribution >= 4 is 17.9 Å². The van der Waals surface area contributed by atoms with Crippen LogP contribution in [0.3, 0.4) is 0 Å². The Kier molecular flexibility index (Phi) is 66.2. The normalized spacial score (nSPS) is 12.6. The van der Waals surface area contributed by atoms with E-state index in [1.807, 2.05) is 0 Å². The van der Waals surface area contributed by atoms with Crippen LogP contribution in [0.25, 0.3) is 0 Å². The molecule has 0 saturated carbocycles. The van der Waals surface area contributed by atoms with Gasteiger partial charge in [0.05, 0.1) is 0 Å². The number of rotatable bonds is 64. The van der Waals surface area contributed by atoms with E-state index >= 15 is 0 Å². The van der Waals surface area contributed by atoms with E-state index in [9.17, 15) is 14.4 Å². The minimum Gasteiger partial charge on any atom is -0.462 e. The van der Waals surface area contributed by atoms with E-state index in [4.69, 9.17) is 14.2 Å². The Morgan fingerprint density at radius 1 is 0.247 bits per heavy atom. The number of esters is 3. The molecule has 6 nitrogen and oxygen atoms in total. The minimum atomic E-state index is -0.786. The lowest BCUT2D eigenvalue weighted by atomic mass is 10.0. The molecule has 0 saturated heterocycles. The van der Waals surface area contributed by atoms with Crippen LogP contribution in [0, 0.1) is 0 Å². The van der Waals surface area contributed by atoms with Crippen LogP contribution in [0.1, 0.15) is 355 Å². The molecule has 1 atom stereocenters. The molecule has 81 heavy (non-hydrogen) atoms. The molecule has 6 heteroatoms. The second-order valence-electron chi connectivity index (χ2n) is 23.4. The monoisotopic (exact) mass is 1130 g/mol. The first-order valence-corrected chi connectivity index (χ1v) is 35.1. The highest BCUT2D eigenvalue weighted by atomic mass is 16.6. The van der Waals surface area contributed by atoms with Crippen LogP contribution in [0.4, 0.5) is 0 Å². The van der Waals surface area contributed by atoms with Gasteiger partial charge in [-0.15, -0.1) is 0 Å². The van der Waals surface area contributed by atoms with Crippen molar-refractivity contribution in [1.82, 2.24) is 0 Å². The van der Waals surface area contributed by atoms with Gasteiger partial charge in [0.25, 0.3) is 0 Å². The van der Waals surface area contributed by atoms with Gasteiger partial charge in [-0.3, -0.25) is 14.4 Å². The summed E-state index contributed by atoms with van der Waals surface area (Å²) >= 11 is 0. The maximum absolute atomic E-state index is 12.9.